The molecule has 2 rings (SSSR count). The largest absolute Gasteiger partial charge is 0.495 e. The second-order valence-electron chi connectivity index (χ2n) is 6.87. The number of halogens is 1. The molecule has 0 aliphatic heterocycles. The highest BCUT2D eigenvalue weighted by Gasteiger charge is 2.30. The Morgan fingerprint density at radius 2 is 1.63 bits per heavy atom. The molecular weight excluding hydrogens is 368 g/mol. The first-order valence-corrected chi connectivity index (χ1v) is 9.88. The van der Waals surface area contributed by atoms with Crippen molar-refractivity contribution in [2.24, 2.45) is 11.8 Å². The van der Waals surface area contributed by atoms with Crippen molar-refractivity contribution in [3.05, 3.63) is 17.2 Å². The topological polar surface area (TPSA) is 76.7 Å². The number of methoxy groups -OCH3 is 2. The minimum atomic E-state index is -0.115. The molecule has 1 fully saturated rings. The molecule has 0 atom stereocenters. The van der Waals surface area contributed by atoms with Crippen LogP contribution in [0.15, 0.2) is 12.1 Å². The van der Waals surface area contributed by atoms with Gasteiger partial charge in [-0.2, -0.15) is 0 Å². The van der Waals surface area contributed by atoms with Crippen LogP contribution in [0.5, 0.6) is 11.5 Å². The van der Waals surface area contributed by atoms with Crippen molar-refractivity contribution in [3.8, 4) is 11.5 Å². The molecule has 0 heterocycles. The van der Waals surface area contributed by atoms with Gasteiger partial charge in [-0.1, -0.05) is 24.9 Å². The molecule has 1 aliphatic rings. The van der Waals surface area contributed by atoms with E-state index in [0.29, 0.717) is 35.1 Å². The maximum Gasteiger partial charge on any atom is 0.227 e. The van der Waals surface area contributed by atoms with Crippen molar-refractivity contribution in [1.29, 1.82) is 0 Å². The smallest absolute Gasteiger partial charge is 0.227 e. The summed E-state index contributed by atoms with van der Waals surface area (Å²) in [6.45, 7) is 2.83. The van der Waals surface area contributed by atoms with E-state index in [0.717, 1.165) is 32.2 Å². The molecule has 7 heteroatoms. The Hall–Kier alpha value is -1.95. The van der Waals surface area contributed by atoms with Crippen LogP contribution in [0.25, 0.3) is 0 Å². The van der Waals surface area contributed by atoms with Crippen LogP contribution in [-0.4, -0.2) is 32.6 Å². The lowest BCUT2D eigenvalue weighted by Gasteiger charge is -2.27. The van der Waals surface area contributed by atoms with Crippen LogP contribution in [0, 0.1) is 11.8 Å². The summed E-state index contributed by atoms with van der Waals surface area (Å²) < 4.78 is 10.5. The van der Waals surface area contributed by atoms with Crippen molar-refractivity contribution in [3.63, 3.8) is 0 Å². The number of hydrogen-bond acceptors (Lipinski definition) is 4. The van der Waals surface area contributed by atoms with Crippen LogP contribution < -0.4 is 20.1 Å². The van der Waals surface area contributed by atoms with Gasteiger partial charge in [-0.3, -0.25) is 9.59 Å². The molecule has 150 valence electrons. The van der Waals surface area contributed by atoms with E-state index in [2.05, 4.69) is 17.6 Å². The van der Waals surface area contributed by atoms with Crippen molar-refractivity contribution in [1.82, 2.24) is 5.32 Å². The molecule has 0 saturated heterocycles. The van der Waals surface area contributed by atoms with E-state index in [4.69, 9.17) is 21.1 Å². The molecule has 0 bridgehead atoms. The van der Waals surface area contributed by atoms with Crippen LogP contribution in [0.2, 0.25) is 5.02 Å². The van der Waals surface area contributed by atoms with Crippen molar-refractivity contribution >= 4 is 29.1 Å². The third-order valence-corrected chi connectivity index (χ3v) is 5.33. The average molecular weight is 397 g/mol. The van der Waals surface area contributed by atoms with Crippen LogP contribution >= 0.6 is 11.6 Å². The number of carbonyl (C=O) groups excluding carboxylic acids is 2. The van der Waals surface area contributed by atoms with Gasteiger partial charge in [-0.15, -0.1) is 0 Å². The second-order valence-corrected chi connectivity index (χ2v) is 7.28. The third-order valence-electron chi connectivity index (χ3n) is 5.03. The number of amides is 2. The summed E-state index contributed by atoms with van der Waals surface area (Å²) in [5, 5.41) is 6.32. The number of hydrogen-bond donors (Lipinski definition) is 2. The van der Waals surface area contributed by atoms with E-state index in [1.165, 1.54) is 14.2 Å². The molecule has 0 radical (unpaired) electrons. The summed E-state index contributed by atoms with van der Waals surface area (Å²) in [7, 11) is 3.04. The number of ether oxygens (including phenoxy) is 2. The van der Waals surface area contributed by atoms with Gasteiger partial charge in [0.2, 0.25) is 11.8 Å². The maximum absolute atomic E-state index is 12.7. The summed E-state index contributed by atoms with van der Waals surface area (Å²) in [6, 6.07) is 3.28. The first-order chi connectivity index (χ1) is 13.0. The molecule has 2 N–H and O–H groups in total. The van der Waals surface area contributed by atoms with Crippen LogP contribution in [0.4, 0.5) is 5.69 Å². The first-order valence-electron chi connectivity index (χ1n) is 9.50. The van der Waals surface area contributed by atoms with Crippen molar-refractivity contribution in [2.45, 2.75) is 45.4 Å². The fourth-order valence-corrected chi connectivity index (χ4v) is 3.57. The minimum Gasteiger partial charge on any atom is -0.495 e. The van der Waals surface area contributed by atoms with Gasteiger partial charge < -0.3 is 20.1 Å². The van der Waals surface area contributed by atoms with Crippen molar-refractivity contribution < 1.29 is 19.1 Å². The number of unbranched alkanes of at least 4 members (excludes halogenated alkanes) is 1. The van der Waals surface area contributed by atoms with E-state index in [-0.39, 0.29) is 23.7 Å². The summed E-state index contributed by atoms with van der Waals surface area (Å²) in [5.41, 5.74) is 0.531. The molecule has 0 spiro atoms. The number of carbonyl (C=O) groups is 2. The number of anilines is 1. The molecule has 0 aromatic heterocycles. The molecule has 27 heavy (non-hydrogen) atoms. The third kappa shape index (κ3) is 5.76. The minimum absolute atomic E-state index is 0.0102. The zero-order valence-electron chi connectivity index (χ0n) is 16.3. The Balaban J connectivity index is 1.92. The second kappa shape index (κ2) is 10.4. The molecule has 1 aliphatic carbocycles. The van der Waals surface area contributed by atoms with Gasteiger partial charge in [-0.25, -0.2) is 0 Å². The van der Waals surface area contributed by atoms with Crippen LogP contribution in [0.3, 0.4) is 0 Å². The molecule has 1 saturated carbocycles. The van der Waals surface area contributed by atoms with E-state index in [1.807, 2.05) is 0 Å². The van der Waals surface area contributed by atoms with Gasteiger partial charge in [0.15, 0.2) is 0 Å². The quantitative estimate of drug-likeness (QED) is 0.650. The Morgan fingerprint density at radius 3 is 2.19 bits per heavy atom. The molecule has 1 aromatic carbocycles. The van der Waals surface area contributed by atoms with E-state index in [1.54, 1.807) is 12.1 Å². The maximum atomic E-state index is 12.7. The zero-order chi connectivity index (χ0) is 19.8. The highest BCUT2D eigenvalue weighted by atomic mass is 35.5. The summed E-state index contributed by atoms with van der Waals surface area (Å²) in [5.74, 6) is 0.902. The zero-order valence-corrected chi connectivity index (χ0v) is 17.0. The van der Waals surface area contributed by atoms with E-state index >= 15 is 0 Å². The SMILES string of the molecule is CCCCNC(=O)C1CCC(C(=O)Nc2cc(OC)c(Cl)cc2OC)CC1. The molecule has 1 aromatic rings. The molecule has 2 amide bonds. The monoisotopic (exact) mass is 396 g/mol. The lowest BCUT2D eigenvalue weighted by Crippen LogP contribution is -2.35. The van der Waals surface area contributed by atoms with Gasteiger partial charge in [0.25, 0.3) is 0 Å². The number of benzene rings is 1. The lowest BCUT2D eigenvalue weighted by molar-refractivity contribution is -0.128. The Labute approximate surface area is 165 Å². The Kier molecular flexibility index (Phi) is 8.23. The Bertz CT molecular complexity index is 658. The number of nitrogens with one attached hydrogen (secondary N) is 2. The summed E-state index contributed by atoms with van der Waals surface area (Å²) >= 11 is 6.10. The van der Waals surface area contributed by atoms with Gasteiger partial charge >= 0.3 is 0 Å². The predicted octanol–water partition coefficient (Wildman–Crippen LogP) is 4.02. The summed E-state index contributed by atoms with van der Waals surface area (Å²) in [6.07, 6.45) is 4.92. The van der Waals surface area contributed by atoms with Gasteiger partial charge in [0.1, 0.15) is 11.5 Å². The van der Waals surface area contributed by atoms with Gasteiger partial charge in [0, 0.05) is 30.5 Å². The molecule has 0 unspecified atom stereocenters. The fraction of sp³-hybridized carbons (Fsp3) is 0.600. The highest BCUT2D eigenvalue weighted by Crippen LogP contribution is 2.37. The van der Waals surface area contributed by atoms with Crippen LogP contribution in [0.1, 0.15) is 45.4 Å². The van der Waals surface area contributed by atoms with E-state index in [9.17, 15) is 9.59 Å². The normalized spacial score (nSPS) is 19.3. The van der Waals surface area contributed by atoms with E-state index < -0.39 is 0 Å². The van der Waals surface area contributed by atoms with Gasteiger partial charge in [-0.05, 0) is 32.1 Å². The summed E-state index contributed by atoms with van der Waals surface area (Å²) in [4.78, 5) is 24.8. The average Bonchev–Trinajstić information content (AvgIpc) is 2.69. The lowest BCUT2D eigenvalue weighted by atomic mass is 9.81. The Morgan fingerprint density at radius 1 is 1.04 bits per heavy atom. The number of rotatable bonds is 8. The highest BCUT2D eigenvalue weighted by molar-refractivity contribution is 6.32. The molecule has 6 nitrogen and oxygen atoms in total. The standard InChI is InChI=1S/C20H29ClN2O4/c1-4-5-10-22-19(24)13-6-8-14(9-7-13)20(25)23-16-12-17(26-2)15(21)11-18(16)27-3/h11-14H,4-10H2,1-3H3,(H,22,24)(H,23,25). The predicted molar refractivity (Wildman–Crippen MR) is 107 cm³/mol. The van der Waals surface area contributed by atoms with Crippen LogP contribution in [-0.2, 0) is 9.59 Å². The van der Waals surface area contributed by atoms with Gasteiger partial charge in [0.05, 0.1) is 24.9 Å². The molecular formula is C20H29ClN2O4. The first kappa shape index (κ1) is 21.4. The van der Waals surface area contributed by atoms with Crippen molar-refractivity contribution in [2.75, 3.05) is 26.1 Å². The fourth-order valence-electron chi connectivity index (χ4n) is 3.34.